The smallest absolute Gasteiger partial charge is 0.251 e. The monoisotopic (exact) mass is 298 g/mol. The number of aliphatic hydroxyl groups excluding tert-OH is 1. The summed E-state index contributed by atoms with van der Waals surface area (Å²) in [5.74, 6) is 0.0768. The molecule has 0 radical (unpaired) electrons. The molecule has 0 saturated heterocycles. The van der Waals surface area contributed by atoms with Crippen molar-refractivity contribution in [2.45, 2.75) is 39.5 Å². The second-order valence-corrected chi connectivity index (χ2v) is 6.53. The largest absolute Gasteiger partial charge is 0.396 e. The van der Waals surface area contributed by atoms with Crippen LogP contribution < -0.4 is 5.32 Å². The molecule has 2 N–H and O–H groups in total. The van der Waals surface area contributed by atoms with Crippen molar-refractivity contribution in [2.75, 3.05) is 13.2 Å². The number of rotatable bonds is 5. The number of hydrogen-bond donors (Lipinski definition) is 2. The van der Waals surface area contributed by atoms with Gasteiger partial charge in [0.1, 0.15) is 5.15 Å². The molecule has 4 nitrogen and oxygen atoms in total. The maximum Gasteiger partial charge on any atom is 0.251 e. The molecule has 0 saturated carbocycles. The van der Waals surface area contributed by atoms with Crippen molar-refractivity contribution >= 4 is 17.5 Å². The molecule has 1 amide bonds. The lowest BCUT2D eigenvalue weighted by molar-refractivity contribution is 0.0945. The van der Waals surface area contributed by atoms with Gasteiger partial charge in [0.15, 0.2) is 0 Å². The molecule has 0 aliphatic heterocycles. The van der Waals surface area contributed by atoms with E-state index in [-0.39, 0.29) is 23.8 Å². The summed E-state index contributed by atoms with van der Waals surface area (Å²) in [5, 5.41) is 12.0. The number of carbonyl (C=O) groups is 1. The molecule has 5 heteroatoms. The Morgan fingerprint density at radius 2 is 2.10 bits per heavy atom. The Labute approximate surface area is 125 Å². The minimum Gasteiger partial charge on any atom is -0.396 e. The van der Waals surface area contributed by atoms with Crippen LogP contribution in [0.3, 0.4) is 0 Å². The van der Waals surface area contributed by atoms with Crippen molar-refractivity contribution in [3.63, 3.8) is 0 Å². The van der Waals surface area contributed by atoms with Gasteiger partial charge in [0.05, 0.1) is 0 Å². The van der Waals surface area contributed by atoms with Crippen LogP contribution in [0.4, 0.5) is 0 Å². The number of halogens is 1. The Morgan fingerprint density at radius 3 is 2.65 bits per heavy atom. The topological polar surface area (TPSA) is 62.2 Å². The molecule has 1 unspecified atom stereocenters. The minimum atomic E-state index is -0.163. The molecule has 1 aromatic heterocycles. The van der Waals surface area contributed by atoms with Crippen LogP contribution in [0.5, 0.6) is 0 Å². The van der Waals surface area contributed by atoms with E-state index in [1.165, 1.54) is 0 Å². The van der Waals surface area contributed by atoms with E-state index >= 15 is 0 Å². The average Bonchev–Trinajstić information content (AvgIpc) is 2.34. The van der Waals surface area contributed by atoms with E-state index < -0.39 is 0 Å². The summed E-state index contributed by atoms with van der Waals surface area (Å²) in [6.45, 7) is 8.72. The van der Waals surface area contributed by atoms with E-state index in [1.54, 1.807) is 12.1 Å². The third-order valence-electron chi connectivity index (χ3n) is 3.06. The van der Waals surface area contributed by atoms with Gasteiger partial charge in [-0.25, -0.2) is 4.98 Å². The summed E-state index contributed by atoms with van der Waals surface area (Å²) < 4.78 is 0. The summed E-state index contributed by atoms with van der Waals surface area (Å²) >= 11 is 5.99. The van der Waals surface area contributed by atoms with E-state index in [0.29, 0.717) is 23.7 Å². The number of carbonyl (C=O) groups excluding carboxylic acids is 1. The molecule has 0 aliphatic rings. The first-order chi connectivity index (χ1) is 9.24. The Balaban J connectivity index is 2.81. The van der Waals surface area contributed by atoms with Crippen LogP contribution in [0, 0.1) is 5.92 Å². The molecule has 0 fully saturated rings. The van der Waals surface area contributed by atoms with Crippen LogP contribution in [0.25, 0.3) is 0 Å². The van der Waals surface area contributed by atoms with E-state index in [4.69, 9.17) is 16.7 Å². The number of pyridine rings is 1. The zero-order chi connectivity index (χ0) is 15.3. The predicted octanol–water partition coefficient (Wildman–Crippen LogP) is 2.78. The van der Waals surface area contributed by atoms with Gasteiger partial charge in [-0.05, 0) is 24.5 Å². The molecule has 112 valence electrons. The fourth-order valence-electron chi connectivity index (χ4n) is 1.70. The lowest BCUT2D eigenvalue weighted by Crippen LogP contribution is -2.29. The van der Waals surface area contributed by atoms with Crippen molar-refractivity contribution in [3.8, 4) is 0 Å². The summed E-state index contributed by atoms with van der Waals surface area (Å²) in [5.41, 5.74) is 1.15. The summed E-state index contributed by atoms with van der Waals surface area (Å²) in [4.78, 5) is 16.4. The Kier molecular flexibility index (Phi) is 5.96. The van der Waals surface area contributed by atoms with E-state index in [1.807, 2.05) is 27.7 Å². The molecule has 0 aromatic carbocycles. The average molecular weight is 299 g/mol. The highest BCUT2D eigenvalue weighted by atomic mass is 35.5. The van der Waals surface area contributed by atoms with Crippen LogP contribution in [0.2, 0.25) is 5.15 Å². The van der Waals surface area contributed by atoms with Crippen molar-refractivity contribution in [3.05, 3.63) is 28.5 Å². The fraction of sp³-hybridized carbons (Fsp3) is 0.600. The Hall–Kier alpha value is -1.13. The molecule has 0 aliphatic carbocycles. The first-order valence-electron chi connectivity index (χ1n) is 6.81. The second-order valence-electron chi connectivity index (χ2n) is 6.14. The van der Waals surface area contributed by atoms with Crippen molar-refractivity contribution in [1.82, 2.24) is 10.3 Å². The zero-order valence-corrected chi connectivity index (χ0v) is 13.3. The van der Waals surface area contributed by atoms with Gasteiger partial charge in [0, 0.05) is 29.8 Å². The van der Waals surface area contributed by atoms with Gasteiger partial charge in [0.2, 0.25) is 0 Å². The first-order valence-corrected chi connectivity index (χ1v) is 7.19. The highest BCUT2D eigenvalue weighted by Crippen LogP contribution is 2.23. The number of hydrogen-bond acceptors (Lipinski definition) is 3. The van der Waals surface area contributed by atoms with E-state index in [9.17, 15) is 4.79 Å². The predicted molar refractivity (Wildman–Crippen MR) is 81.1 cm³/mol. The second kappa shape index (κ2) is 7.04. The standard InChI is InChI=1S/C15H23ClN2O2/c1-10(5-6-19)9-17-14(20)11-7-12(15(2,3)4)18-13(16)8-11/h7-8,10,19H,5-6,9H2,1-4H3,(H,17,20). The van der Waals surface area contributed by atoms with Crippen LogP contribution in [-0.4, -0.2) is 29.1 Å². The number of nitrogens with zero attached hydrogens (tertiary/aromatic N) is 1. The molecule has 1 rings (SSSR count). The molecular formula is C15H23ClN2O2. The molecule has 1 aromatic rings. The van der Waals surface area contributed by atoms with Crippen molar-refractivity contribution in [1.29, 1.82) is 0 Å². The van der Waals surface area contributed by atoms with Crippen molar-refractivity contribution in [2.24, 2.45) is 5.92 Å². The quantitative estimate of drug-likeness (QED) is 0.822. The third-order valence-corrected chi connectivity index (χ3v) is 3.25. The highest BCUT2D eigenvalue weighted by Gasteiger charge is 2.19. The molecule has 20 heavy (non-hydrogen) atoms. The third kappa shape index (κ3) is 5.10. The van der Waals surface area contributed by atoms with Gasteiger partial charge in [-0.3, -0.25) is 4.79 Å². The van der Waals surface area contributed by atoms with E-state index in [0.717, 1.165) is 5.69 Å². The van der Waals surface area contributed by atoms with Gasteiger partial charge in [0.25, 0.3) is 5.91 Å². The van der Waals surface area contributed by atoms with Gasteiger partial charge in [-0.15, -0.1) is 0 Å². The van der Waals surface area contributed by atoms with Crippen LogP contribution in [0.1, 0.15) is 50.2 Å². The van der Waals surface area contributed by atoms with Gasteiger partial charge < -0.3 is 10.4 Å². The lowest BCUT2D eigenvalue weighted by atomic mass is 9.91. The zero-order valence-electron chi connectivity index (χ0n) is 12.5. The van der Waals surface area contributed by atoms with E-state index in [2.05, 4.69) is 10.3 Å². The van der Waals surface area contributed by atoms with Gasteiger partial charge in [-0.2, -0.15) is 0 Å². The fourth-order valence-corrected chi connectivity index (χ4v) is 1.91. The van der Waals surface area contributed by atoms with Crippen LogP contribution in [0.15, 0.2) is 12.1 Å². The molecule has 0 bridgehead atoms. The number of nitrogens with one attached hydrogen (secondary N) is 1. The molecule has 1 atom stereocenters. The lowest BCUT2D eigenvalue weighted by Gasteiger charge is -2.19. The Bertz CT molecular complexity index is 469. The maximum absolute atomic E-state index is 12.1. The maximum atomic E-state index is 12.1. The van der Waals surface area contributed by atoms with Crippen LogP contribution in [-0.2, 0) is 5.41 Å². The van der Waals surface area contributed by atoms with Gasteiger partial charge >= 0.3 is 0 Å². The highest BCUT2D eigenvalue weighted by molar-refractivity contribution is 6.29. The number of amides is 1. The number of aromatic nitrogens is 1. The summed E-state index contributed by atoms with van der Waals surface area (Å²) in [7, 11) is 0. The SMILES string of the molecule is CC(CCO)CNC(=O)c1cc(Cl)nc(C(C)(C)C)c1. The van der Waals surface area contributed by atoms with Gasteiger partial charge in [-0.1, -0.05) is 39.3 Å². The first kappa shape index (κ1) is 16.9. The minimum absolute atomic E-state index is 0.131. The molecule has 0 spiro atoms. The summed E-state index contributed by atoms with van der Waals surface area (Å²) in [6.07, 6.45) is 0.671. The molecule has 1 heterocycles. The number of aliphatic hydroxyl groups is 1. The van der Waals surface area contributed by atoms with Crippen molar-refractivity contribution < 1.29 is 9.90 Å². The molecular weight excluding hydrogens is 276 g/mol. The normalized spacial score (nSPS) is 13.1. The van der Waals surface area contributed by atoms with Crippen LogP contribution >= 0.6 is 11.6 Å². The summed E-state index contributed by atoms with van der Waals surface area (Å²) in [6, 6.07) is 3.35. The Morgan fingerprint density at radius 1 is 1.45 bits per heavy atom.